The zero-order valence-electron chi connectivity index (χ0n) is 21.5. The highest BCUT2D eigenvalue weighted by Gasteiger charge is 2.65. The van der Waals surface area contributed by atoms with Crippen LogP contribution < -0.4 is 5.32 Å². The molecule has 0 aromatic heterocycles. The molecule has 0 aliphatic heterocycles. The fourth-order valence-corrected chi connectivity index (χ4v) is 9.32. The number of aliphatic hydroxyl groups excluding tert-OH is 3. The molecule has 192 valence electrons. The topological polar surface area (TPSA) is 89.8 Å². The van der Waals surface area contributed by atoms with Crippen molar-refractivity contribution in [1.82, 2.24) is 5.32 Å². The summed E-state index contributed by atoms with van der Waals surface area (Å²) in [6.07, 6.45) is 14.2. The van der Waals surface area contributed by atoms with E-state index < -0.39 is 0 Å². The van der Waals surface area contributed by atoms with Gasteiger partial charge < -0.3 is 20.6 Å². The van der Waals surface area contributed by atoms with Crippen LogP contribution >= 0.6 is 0 Å². The van der Waals surface area contributed by atoms with Crippen LogP contribution in [0.4, 0.5) is 0 Å². The van der Waals surface area contributed by atoms with Crippen LogP contribution in [0.5, 0.6) is 0 Å². The molecule has 0 aromatic carbocycles. The van der Waals surface area contributed by atoms with Gasteiger partial charge >= 0.3 is 0 Å². The van der Waals surface area contributed by atoms with Gasteiger partial charge in [-0.2, -0.15) is 0 Å². The van der Waals surface area contributed by atoms with Gasteiger partial charge in [0.2, 0.25) is 5.91 Å². The number of nitrogens with one attached hydrogen (secondary N) is 1. The molecule has 4 rings (SSSR count). The first kappa shape index (κ1) is 26.0. The van der Waals surface area contributed by atoms with Crippen molar-refractivity contribution >= 4 is 5.91 Å². The number of amides is 1. The summed E-state index contributed by atoms with van der Waals surface area (Å²) in [5, 5.41) is 36.1. The molecule has 0 saturated heterocycles. The van der Waals surface area contributed by atoms with Crippen molar-refractivity contribution < 1.29 is 20.1 Å². The van der Waals surface area contributed by atoms with E-state index in [1.807, 2.05) is 0 Å². The molecule has 4 fully saturated rings. The molecule has 11 atom stereocenters. The van der Waals surface area contributed by atoms with E-state index in [2.05, 4.69) is 32.0 Å². The monoisotopic (exact) mass is 473 g/mol. The van der Waals surface area contributed by atoms with E-state index >= 15 is 0 Å². The van der Waals surface area contributed by atoms with Crippen molar-refractivity contribution in [3.05, 3.63) is 0 Å². The first-order chi connectivity index (χ1) is 16.1. The number of fused-ring (bicyclic) bond motifs is 5. The molecule has 4 aliphatic rings. The standard InChI is InChI=1S/C29H47NO4/c1-5-14-30-26(34)9-7-6-8-18(2)21-10-11-22-27-23(17-25(33)29(21,22)4)28(3)13-12-20(31)15-19(28)16-24(27)32/h1,18-25,27,31-33H,6-17H2,2-4H3,(H,30,34). The van der Waals surface area contributed by atoms with Gasteiger partial charge in [-0.3, -0.25) is 4.79 Å². The molecule has 0 heterocycles. The molecular formula is C29H47NO4. The van der Waals surface area contributed by atoms with Crippen LogP contribution in [0.3, 0.4) is 0 Å². The Morgan fingerprint density at radius 3 is 2.59 bits per heavy atom. The Labute approximate surface area is 206 Å². The second-order valence-electron chi connectivity index (χ2n) is 12.7. The van der Waals surface area contributed by atoms with Crippen molar-refractivity contribution in [3.8, 4) is 12.3 Å². The van der Waals surface area contributed by atoms with Crippen molar-refractivity contribution in [1.29, 1.82) is 0 Å². The van der Waals surface area contributed by atoms with E-state index in [1.165, 1.54) is 0 Å². The largest absolute Gasteiger partial charge is 0.393 e. The predicted octanol–water partition coefficient (Wildman–Crippen LogP) is 3.89. The van der Waals surface area contributed by atoms with Crippen molar-refractivity contribution in [2.75, 3.05) is 6.54 Å². The molecule has 5 nitrogen and oxygen atoms in total. The molecule has 0 bridgehead atoms. The van der Waals surface area contributed by atoms with Crippen LogP contribution in [-0.2, 0) is 4.79 Å². The predicted molar refractivity (Wildman–Crippen MR) is 133 cm³/mol. The fraction of sp³-hybridized carbons (Fsp3) is 0.897. The number of hydrogen-bond acceptors (Lipinski definition) is 4. The van der Waals surface area contributed by atoms with Crippen LogP contribution in [0.1, 0.15) is 91.4 Å². The minimum absolute atomic E-state index is 0.0283. The molecule has 11 unspecified atom stereocenters. The number of aliphatic hydroxyl groups is 3. The molecule has 0 spiro atoms. The average molecular weight is 474 g/mol. The average Bonchev–Trinajstić information content (AvgIpc) is 3.15. The molecule has 0 aromatic rings. The molecule has 34 heavy (non-hydrogen) atoms. The summed E-state index contributed by atoms with van der Waals surface area (Å²) < 4.78 is 0. The Morgan fingerprint density at radius 2 is 1.85 bits per heavy atom. The normalized spacial score (nSPS) is 46.5. The maximum Gasteiger partial charge on any atom is 0.220 e. The Hall–Kier alpha value is -1.09. The highest BCUT2D eigenvalue weighted by Crippen LogP contribution is 2.68. The molecular weight excluding hydrogens is 426 g/mol. The number of unbranched alkanes of at least 4 members (excludes halogenated alkanes) is 1. The van der Waals surface area contributed by atoms with E-state index in [0.29, 0.717) is 42.6 Å². The first-order valence-corrected chi connectivity index (χ1v) is 13.9. The quantitative estimate of drug-likeness (QED) is 0.334. The lowest BCUT2D eigenvalue weighted by molar-refractivity contribution is -0.207. The van der Waals surface area contributed by atoms with Gasteiger partial charge in [-0.25, -0.2) is 0 Å². The fourth-order valence-electron chi connectivity index (χ4n) is 9.32. The van der Waals surface area contributed by atoms with Gasteiger partial charge in [0.05, 0.1) is 24.9 Å². The number of hydrogen-bond donors (Lipinski definition) is 4. The minimum atomic E-state index is -0.335. The number of rotatable bonds is 7. The highest BCUT2D eigenvalue weighted by molar-refractivity contribution is 5.76. The second kappa shape index (κ2) is 10.1. The van der Waals surface area contributed by atoms with Gasteiger partial charge in [0.1, 0.15) is 0 Å². The number of terminal acetylenes is 1. The van der Waals surface area contributed by atoms with Gasteiger partial charge in [-0.1, -0.05) is 39.5 Å². The molecule has 0 radical (unpaired) electrons. The minimum Gasteiger partial charge on any atom is -0.393 e. The van der Waals surface area contributed by atoms with Gasteiger partial charge in [-0.05, 0) is 97.7 Å². The second-order valence-corrected chi connectivity index (χ2v) is 12.7. The Balaban J connectivity index is 1.42. The molecule has 5 heteroatoms. The SMILES string of the molecule is C#CCNC(=O)CCCCC(C)C1CCC2C3C(O)CC4CC(O)CCC4(C)C3CC(O)C12C. The number of carbonyl (C=O) groups is 1. The summed E-state index contributed by atoms with van der Waals surface area (Å²) in [6, 6.07) is 0. The highest BCUT2D eigenvalue weighted by atomic mass is 16.3. The first-order valence-electron chi connectivity index (χ1n) is 13.9. The Bertz CT molecular complexity index is 779. The summed E-state index contributed by atoms with van der Waals surface area (Å²) >= 11 is 0. The lowest BCUT2D eigenvalue weighted by atomic mass is 9.43. The smallest absolute Gasteiger partial charge is 0.220 e. The summed E-state index contributed by atoms with van der Waals surface area (Å²) in [5.74, 6) is 4.74. The van der Waals surface area contributed by atoms with Crippen LogP contribution in [-0.4, -0.2) is 46.1 Å². The lowest BCUT2D eigenvalue weighted by Gasteiger charge is -2.63. The van der Waals surface area contributed by atoms with Crippen molar-refractivity contribution in [2.24, 2.45) is 46.3 Å². The van der Waals surface area contributed by atoms with Crippen LogP contribution in [0.2, 0.25) is 0 Å². The summed E-state index contributed by atoms with van der Waals surface area (Å²) in [7, 11) is 0. The molecule has 1 amide bonds. The Kier molecular flexibility index (Phi) is 7.73. The molecule has 4 saturated carbocycles. The van der Waals surface area contributed by atoms with Crippen LogP contribution in [0, 0.1) is 58.7 Å². The third-order valence-electron chi connectivity index (χ3n) is 11.2. The van der Waals surface area contributed by atoms with E-state index in [0.717, 1.165) is 64.2 Å². The van der Waals surface area contributed by atoms with E-state index in [1.54, 1.807) is 0 Å². The summed E-state index contributed by atoms with van der Waals surface area (Å²) in [5.41, 5.74) is -0.0295. The zero-order valence-corrected chi connectivity index (χ0v) is 21.5. The third kappa shape index (κ3) is 4.44. The summed E-state index contributed by atoms with van der Waals surface area (Å²) in [6.45, 7) is 7.32. The zero-order chi connectivity index (χ0) is 24.7. The number of carbonyl (C=O) groups excluding carboxylic acids is 1. The molecule has 4 aliphatic carbocycles. The maximum absolute atomic E-state index is 11.8. The maximum atomic E-state index is 11.8. The lowest BCUT2D eigenvalue weighted by Crippen LogP contribution is -2.62. The van der Waals surface area contributed by atoms with Gasteiger partial charge in [0, 0.05) is 6.42 Å². The van der Waals surface area contributed by atoms with Crippen LogP contribution in [0.25, 0.3) is 0 Å². The Morgan fingerprint density at radius 1 is 1.09 bits per heavy atom. The van der Waals surface area contributed by atoms with Gasteiger partial charge in [0.15, 0.2) is 0 Å². The van der Waals surface area contributed by atoms with E-state index in [-0.39, 0.29) is 41.0 Å². The molecule has 4 N–H and O–H groups in total. The van der Waals surface area contributed by atoms with Crippen molar-refractivity contribution in [2.45, 2.75) is 110 Å². The van der Waals surface area contributed by atoms with E-state index in [9.17, 15) is 20.1 Å². The van der Waals surface area contributed by atoms with Crippen LogP contribution in [0.15, 0.2) is 0 Å². The van der Waals surface area contributed by atoms with E-state index in [4.69, 9.17) is 6.42 Å². The summed E-state index contributed by atoms with van der Waals surface area (Å²) in [4.78, 5) is 11.8. The van der Waals surface area contributed by atoms with Gasteiger partial charge in [-0.15, -0.1) is 6.42 Å². The van der Waals surface area contributed by atoms with Crippen molar-refractivity contribution in [3.63, 3.8) is 0 Å². The van der Waals surface area contributed by atoms with Gasteiger partial charge in [0.25, 0.3) is 0 Å². The third-order valence-corrected chi connectivity index (χ3v) is 11.2.